The Balaban J connectivity index is 1.40. The highest BCUT2D eigenvalue weighted by molar-refractivity contribution is 5.99. The van der Waals surface area contributed by atoms with Crippen LogP contribution in [0.2, 0.25) is 0 Å². The summed E-state index contributed by atoms with van der Waals surface area (Å²) in [6.45, 7) is 3.30. The van der Waals surface area contributed by atoms with Crippen molar-refractivity contribution in [3.05, 3.63) is 71.8 Å². The van der Waals surface area contributed by atoms with Crippen molar-refractivity contribution < 1.29 is 24.2 Å². The van der Waals surface area contributed by atoms with Gasteiger partial charge in [-0.05, 0) is 43.2 Å². The van der Waals surface area contributed by atoms with Crippen LogP contribution < -0.4 is 10.6 Å². The van der Waals surface area contributed by atoms with Crippen LogP contribution in [0.15, 0.2) is 60.7 Å². The van der Waals surface area contributed by atoms with Crippen LogP contribution in [-0.4, -0.2) is 58.1 Å². The zero-order valence-corrected chi connectivity index (χ0v) is 23.3. The van der Waals surface area contributed by atoms with E-state index in [0.717, 1.165) is 30.4 Å². The Labute approximate surface area is 236 Å². The number of unbranched alkanes of at least 4 members (excludes halogenated alkanes) is 3. The zero-order valence-electron chi connectivity index (χ0n) is 23.3. The maximum absolute atomic E-state index is 14.2. The van der Waals surface area contributed by atoms with Gasteiger partial charge >= 0.3 is 0 Å². The van der Waals surface area contributed by atoms with Crippen molar-refractivity contribution in [3.8, 4) is 0 Å². The lowest BCUT2D eigenvalue weighted by molar-refractivity contribution is -0.147. The molecule has 5 atom stereocenters. The fourth-order valence-electron chi connectivity index (χ4n) is 7.18. The number of benzene rings is 2. The van der Waals surface area contributed by atoms with E-state index >= 15 is 0 Å². The second-order valence-electron chi connectivity index (χ2n) is 11.4. The lowest BCUT2D eigenvalue weighted by Crippen LogP contribution is -2.55. The standard InChI is InChI=1S/C32H41N3O5/c1-2-31-17-18-32(40-31)26(25(31)28(37)33-21-23-13-7-5-8-14-23)30(39)35(19-11-3-4-12-20-36)27(32)29(38)34-22-24-15-9-6-10-16-24/h5-10,13-16,25-27,36H,2-4,11-12,17-22H2,1H3,(H,33,37)(H,34,38)/t25-,26+,27?,31+,32?/m1/s1. The van der Waals surface area contributed by atoms with E-state index in [9.17, 15) is 14.4 Å². The van der Waals surface area contributed by atoms with Gasteiger partial charge in [0.05, 0.1) is 17.4 Å². The molecule has 0 aliphatic carbocycles. The van der Waals surface area contributed by atoms with Crippen LogP contribution in [0, 0.1) is 11.8 Å². The minimum Gasteiger partial charge on any atom is -0.396 e. The molecule has 40 heavy (non-hydrogen) atoms. The summed E-state index contributed by atoms with van der Waals surface area (Å²) in [5.41, 5.74) is 0.185. The molecule has 1 spiro atoms. The van der Waals surface area contributed by atoms with Gasteiger partial charge in [0.15, 0.2) is 0 Å². The number of nitrogens with one attached hydrogen (secondary N) is 2. The lowest BCUT2D eigenvalue weighted by atomic mass is 9.65. The molecule has 3 amide bonds. The summed E-state index contributed by atoms with van der Waals surface area (Å²) >= 11 is 0. The summed E-state index contributed by atoms with van der Waals surface area (Å²) in [6.07, 6.45) is 4.96. The first-order chi connectivity index (χ1) is 19.5. The third kappa shape index (κ3) is 5.15. The molecule has 2 unspecified atom stereocenters. The van der Waals surface area contributed by atoms with Gasteiger partial charge in [0.1, 0.15) is 11.6 Å². The molecule has 3 N–H and O–H groups in total. The average molecular weight is 548 g/mol. The number of aliphatic hydroxyl groups is 1. The number of rotatable bonds is 13. The third-order valence-electron chi connectivity index (χ3n) is 9.14. The van der Waals surface area contributed by atoms with Crippen molar-refractivity contribution in [2.75, 3.05) is 13.2 Å². The van der Waals surface area contributed by atoms with Gasteiger partial charge in [0, 0.05) is 26.2 Å². The van der Waals surface area contributed by atoms with Gasteiger partial charge in [0.25, 0.3) is 0 Å². The van der Waals surface area contributed by atoms with E-state index in [2.05, 4.69) is 10.6 Å². The minimum absolute atomic E-state index is 0.144. The number of carbonyl (C=O) groups excluding carboxylic acids is 3. The molecule has 3 saturated heterocycles. The first kappa shape index (κ1) is 28.3. The molecule has 214 valence electrons. The molecule has 5 rings (SSSR count). The predicted octanol–water partition coefficient (Wildman–Crippen LogP) is 3.33. The van der Waals surface area contributed by atoms with E-state index < -0.39 is 29.1 Å². The molecular formula is C32H41N3O5. The number of ether oxygens (including phenoxy) is 1. The van der Waals surface area contributed by atoms with E-state index in [1.54, 1.807) is 4.90 Å². The molecule has 8 heteroatoms. The van der Waals surface area contributed by atoms with Crippen LogP contribution in [0.3, 0.4) is 0 Å². The molecule has 3 heterocycles. The monoisotopic (exact) mass is 547 g/mol. The molecule has 3 aliphatic heterocycles. The van der Waals surface area contributed by atoms with Gasteiger partial charge in [-0.25, -0.2) is 0 Å². The number of likely N-dealkylation sites (tertiary alicyclic amines) is 1. The van der Waals surface area contributed by atoms with Crippen molar-refractivity contribution in [2.24, 2.45) is 11.8 Å². The SMILES string of the molecule is CC[C@@]12CCC3(O1)C(C(=O)NCc1ccccc1)N(CCCCCCO)C(=O)[C@@H]3[C@@H]2C(=O)NCc1ccccc1. The smallest absolute Gasteiger partial charge is 0.246 e. The summed E-state index contributed by atoms with van der Waals surface area (Å²) in [4.78, 5) is 43.6. The normalized spacial score (nSPS) is 28.5. The van der Waals surface area contributed by atoms with Gasteiger partial charge in [-0.3, -0.25) is 14.4 Å². The first-order valence-electron chi connectivity index (χ1n) is 14.7. The molecule has 0 aromatic heterocycles. The van der Waals surface area contributed by atoms with Crippen molar-refractivity contribution in [2.45, 2.75) is 82.2 Å². The van der Waals surface area contributed by atoms with Crippen LogP contribution in [0.1, 0.15) is 63.0 Å². The van der Waals surface area contributed by atoms with E-state index in [4.69, 9.17) is 9.84 Å². The number of amides is 3. The molecule has 2 bridgehead atoms. The first-order valence-corrected chi connectivity index (χ1v) is 14.7. The number of carbonyl (C=O) groups is 3. The largest absolute Gasteiger partial charge is 0.396 e. The molecule has 0 saturated carbocycles. The van der Waals surface area contributed by atoms with Crippen molar-refractivity contribution >= 4 is 17.7 Å². The Morgan fingerprint density at radius 3 is 2.10 bits per heavy atom. The Hall–Kier alpha value is -3.23. The topological polar surface area (TPSA) is 108 Å². The van der Waals surface area contributed by atoms with Crippen molar-refractivity contribution in [1.82, 2.24) is 15.5 Å². The summed E-state index contributed by atoms with van der Waals surface area (Å²) in [5.74, 6) is -1.91. The van der Waals surface area contributed by atoms with Crippen LogP contribution in [0.5, 0.6) is 0 Å². The number of nitrogens with zero attached hydrogens (tertiary/aromatic N) is 1. The second-order valence-corrected chi connectivity index (χ2v) is 11.4. The summed E-state index contributed by atoms with van der Waals surface area (Å²) in [6, 6.07) is 18.6. The summed E-state index contributed by atoms with van der Waals surface area (Å²) in [7, 11) is 0. The highest BCUT2D eigenvalue weighted by atomic mass is 16.5. The molecule has 2 aromatic rings. The predicted molar refractivity (Wildman–Crippen MR) is 151 cm³/mol. The summed E-state index contributed by atoms with van der Waals surface area (Å²) in [5, 5.41) is 15.3. The van der Waals surface area contributed by atoms with Gasteiger partial charge in [0.2, 0.25) is 17.7 Å². The number of hydrogen-bond donors (Lipinski definition) is 3. The molecule has 3 aliphatic rings. The number of aliphatic hydroxyl groups excluding tert-OH is 1. The van der Waals surface area contributed by atoms with Crippen LogP contribution in [0.25, 0.3) is 0 Å². The molecule has 3 fully saturated rings. The average Bonchev–Trinajstić information content (AvgIpc) is 3.59. The summed E-state index contributed by atoms with van der Waals surface area (Å²) < 4.78 is 6.82. The molecule has 2 aromatic carbocycles. The minimum atomic E-state index is -1.02. The van der Waals surface area contributed by atoms with Gasteiger partial charge < -0.3 is 25.4 Å². The van der Waals surface area contributed by atoms with E-state index in [1.165, 1.54) is 0 Å². The second kappa shape index (κ2) is 12.1. The molecular weight excluding hydrogens is 506 g/mol. The molecule has 0 radical (unpaired) electrons. The molecule has 8 nitrogen and oxygen atoms in total. The highest BCUT2D eigenvalue weighted by Gasteiger charge is 2.78. The fraction of sp³-hybridized carbons (Fsp3) is 0.531. The fourth-order valence-corrected chi connectivity index (χ4v) is 7.18. The van der Waals surface area contributed by atoms with Crippen LogP contribution in [0.4, 0.5) is 0 Å². The van der Waals surface area contributed by atoms with Crippen molar-refractivity contribution in [1.29, 1.82) is 0 Å². The lowest BCUT2D eigenvalue weighted by Gasteiger charge is -2.34. The Kier molecular flexibility index (Phi) is 8.57. The van der Waals surface area contributed by atoms with Gasteiger partial charge in [-0.15, -0.1) is 0 Å². The zero-order chi connectivity index (χ0) is 28.2. The quantitative estimate of drug-likeness (QED) is 0.334. The number of fused-ring (bicyclic) bond motifs is 1. The Morgan fingerprint density at radius 1 is 0.900 bits per heavy atom. The number of hydrogen-bond acceptors (Lipinski definition) is 5. The van der Waals surface area contributed by atoms with E-state index in [0.29, 0.717) is 45.3 Å². The van der Waals surface area contributed by atoms with Crippen LogP contribution in [-0.2, 0) is 32.2 Å². The van der Waals surface area contributed by atoms with Crippen LogP contribution >= 0.6 is 0 Å². The Morgan fingerprint density at radius 2 is 1.50 bits per heavy atom. The third-order valence-corrected chi connectivity index (χ3v) is 9.14. The van der Waals surface area contributed by atoms with E-state index in [1.807, 2.05) is 67.6 Å². The van der Waals surface area contributed by atoms with E-state index in [-0.39, 0.29) is 24.3 Å². The van der Waals surface area contributed by atoms with Gasteiger partial charge in [-0.1, -0.05) is 80.4 Å². The maximum atomic E-state index is 14.2. The highest BCUT2D eigenvalue weighted by Crippen LogP contribution is 2.64. The van der Waals surface area contributed by atoms with Crippen molar-refractivity contribution in [3.63, 3.8) is 0 Å². The van der Waals surface area contributed by atoms with Gasteiger partial charge in [-0.2, -0.15) is 0 Å². The Bertz CT molecular complexity index is 1190. The maximum Gasteiger partial charge on any atom is 0.246 e.